The molecule has 2 aromatic heterocycles. The Balaban J connectivity index is 1.46. The van der Waals surface area contributed by atoms with E-state index in [1.165, 1.54) is 17.7 Å². The maximum Gasteiger partial charge on any atom is 0.416 e. The van der Waals surface area contributed by atoms with Gasteiger partial charge < -0.3 is 9.26 Å². The summed E-state index contributed by atoms with van der Waals surface area (Å²) in [6.45, 7) is 8.15. The molecule has 0 bridgehead atoms. The van der Waals surface area contributed by atoms with Crippen LogP contribution in [0.2, 0.25) is 0 Å². The predicted octanol–water partition coefficient (Wildman–Crippen LogP) is 6.40. The molecule has 0 atom stereocenters. The molecule has 0 amide bonds. The fraction of sp³-hybridized carbons (Fsp3) is 0.280. The van der Waals surface area contributed by atoms with Crippen LogP contribution in [0, 0.1) is 6.92 Å². The first-order valence-corrected chi connectivity index (χ1v) is 10.6. The van der Waals surface area contributed by atoms with Crippen molar-refractivity contribution in [3.05, 3.63) is 77.3 Å². The van der Waals surface area contributed by atoms with Crippen molar-refractivity contribution in [2.24, 2.45) is 0 Å². The zero-order chi connectivity index (χ0) is 24.5. The van der Waals surface area contributed by atoms with Crippen LogP contribution in [0.3, 0.4) is 0 Å². The molecule has 0 radical (unpaired) electrons. The van der Waals surface area contributed by atoms with E-state index in [9.17, 15) is 13.2 Å². The second-order valence-electron chi connectivity index (χ2n) is 8.87. The van der Waals surface area contributed by atoms with Crippen molar-refractivity contribution in [1.29, 1.82) is 0 Å². The molecule has 2 heterocycles. The molecule has 6 nitrogen and oxygen atoms in total. The number of hydrogen-bond acceptors (Lipinski definition) is 6. The van der Waals surface area contributed by atoms with Gasteiger partial charge in [0.1, 0.15) is 0 Å². The second kappa shape index (κ2) is 8.89. The molecule has 0 aliphatic rings. The summed E-state index contributed by atoms with van der Waals surface area (Å²) in [5, 5.41) is 4.01. The highest BCUT2D eigenvalue weighted by atomic mass is 19.4. The molecule has 4 rings (SSSR count). The van der Waals surface area contributed by atoms with E-state index in [1.807, 2.05) is 24.3 Å². The zero-order valence-corrected chi connectivity index (χ0v) is 19.1. The molecule has 0 unspecified atom stereocenters. The SMILES string of the molecule is Cc1cc(OCc2nc(-c3ccc(C(C)(C)C)cc3)no2)nc(-c2ccc(C(F)(F)F)cc2)n1. The molecule has 0 fully saturated rings. The van der Waals surface area contributed by atoms with Gasteiger partial charge in [-0.2, -0.15) is 23.1 Å². The van der Waals surface area contributed by atoms with Crippen molar-refractivity contribution in [3.8, 4) is 28.7 Å². The van der Waals surface area contributed by atoms with E-state index in [0.29, 0.717) is 17.1 Å². The minimum absolute atomic E-state index is 0.0179. The van der Waals surface area contributed by atoms with Crippen LogP contribution in [0.4, 0.5) is 13.2 Å². The molecule has 9 heteroatoms. The van der Waals surface area contributed by atoms with Crippen LogP contribution < -0.4 is 4.74 Å². The van der Waals surface area contributed by atoms with Crippen LogP contribution in [-0.2, 0) is 18.2 Å². The van der Waals surface area contributed by atoms with E-state index in [1.54, 1.807) is 13.0 Å². The summed E-state index contributed by atoms with van der Waals surface area (Å²) in [6.07, 6.45) is -4.40. The number of halogens is 3. The van der Waals surface area contributed by atoms with Crippen molar-refractivity contribution < 1.29 is 22.4 Å². The van der Waals surface area contributed by atoms with Crippen molar-refractivity contribution in [2.75, 3.05) is 0 Å². The average Bonchev–Trinajstić information content (AvgIpc) is 3.25. The van der Waals surface area contributed by atoms with Crippen LogP contribution in [0.15, 0.2) is 59.1 Å². The molecular weight excluding hydrogens is 445 g/mol. The first-order valence-electron chi connectivity index (χ1n) is 10.6. The number of alkyl halides is 3. The van der Waals surface area contributed by atoms with Crippen molar-refractivity contribution >= 4 is 0 Å². The smallest absolute Gasteiger partial charge is 0.416 e. The van der Waals surface area contributed by atoms with Gasteiger partial charge in [-0.3, -0.25) is 0 Å². The molecule has 34 heavy (non-hydrogen) atoms. The molecule has 0 spiro atoms. The third kappa shape index (κ3) is 5.41. The standard InChI is InChI=1S/C25H23F3N4O2/c1-15-13-20(30-22(29-15)16-7-11-19(12-8-16)25(26,27)28)33-14-21-31-23(32-34-21)17-5-9-18(10-6-17)24(2,3)4/h5-13H,14H2,1-4H3. The van der Waals surface area contributed by atoms with Gasteiger partial charge >= 0.3 is 6.18 Å². The third-order valence-corrected chi connectivity index (χ3v) is 5.12. The van der Waals surface area contributed by atoms with E-state index in [4.69, 9.17) is 9.26 Å². The molecule has 0 aliphatic heterocycles. The summed E-state index contributed by atoms with van der Waals surface area (Å²) in [6, 6.07) is 14.2. The van der Waals surface area contributed by atoms with Crippen LogP contribution in [0.5, 0.6) is 5.88 Å². The topological polar surface area (TPSA) is 73.9 Å². The van der Waals surface area contributed by atoms with Gasteiger partial charge in [0.05, 0.1) is 5.56 Å². The Morgan fingerprint density at radius 2 is 1.38 bits per heavy atom. The monoisotopic (exact) mass is 468 g/mol. The Labute approximate surface area is 194 Å². The Morgan fingerprint density at radius 1 is 0.794 bits per heavy atom. The van der Waals surface area contributed by atoms with E-state index >= 15 is 0 Å². The lowest BCUT2D eigenvalue weighted by atomic mass is 9.87. The van der Waals surface area contributed by atoms with E-state index in [2.05, 4.69) is 40.9 Å². The first kappa shape index (κ1) is 23.4. The summed E-state index contributed by atoms with van der Waals surface area (Å²) in [5.41, 5.74) is 2.38. The first-order chi connectivity index (χ1) is 16.0. The summed E-state index contributed by atoms with van der Waals surface area (Å²) < 4.78 is 49.4. The molecular formula is C25H23F3N4O2. The van der Waals surface area contributed by atoms with Gasteiger partial charge in [0.2, 0.25) is 11.7 Å². The van der Waals surface area contributed by atoms with E-state index in [0.717, 1.165) is 17.7 Å². The quantitative estimate of drug-likeness (QED) is 0.338. The van der Waals surface area contributed by atoms with Gasteiger partial charge in [0.15, 0.2) is 12.4 Å². The lowest BCUT2D eigenvalue weighted by Gasteiger charge is -2.18. The molecule has 0 N–H and O–H groups in total. The fourth-order valence-corrected chi connectivity index (χ4v) is 3.24. The maximum absolute atomic E-state index is 12.8. The van der Waals surface area contributed by atoms with Crippen LogP contribution in [0.25, 0.3) is 22.8 Å². The normalized spacial score (nSPS) is 12.1. The number of rotatable bonds is 5. The van der Waals surface area contributed by atoms with Crippen molar-refractivity contribution in [3.63, 3.8) is 0 Å². The largest absolute Gasteiger partial charge is 0.467 e. The van der Waals surface area contributed by atoms with Gasteiger partial charge in [0, 0.05) is 22.9 Å². The van der Waals surface area contributed by atoms with Crippen molar-refractivity contribution in [1.82, 2.24) is 20.1 Å². The Hall–Kier alpha value is -3.75. The summed E-state index contributed by atoms with van der Waals surface area (Å²) >= 11 is 0. The Kier molecular flexibility index (Phi) is 6.12. The minimum Gasteiger partial charge on any atom is -0.467 e. The van der Waals surface area contributed by atoms with Gasteiger partial charge in [-0.1, -0.05) is 62.3 Å². The lowest BCUT2D eigenvalue weighted by molar-refractivity contribution is -0.137. The third-order valence-electron chi connectivity index (χ3n) is 5.12. The predicted molar refractivity (Wildman–Crippen MR) is 120 cm³/mol. The number of nitrogens with zero attached hydrogens (tertiary/aromatic N) is 4. The van der Waals surface area contributed by atoms with Gasteiger partial charge in [0.25, 0.3) is 5.89 Å². The number of benzene rings is 2. The molecule has 0 saturated carbocycles. The fourth-order valence-electron chi connectivity index (χ4n) is 3.24. The molecule has 4 aromatic rings. The van der Waals surface area contributed by atoms with Gasteiger partial charge in [-0.15, -0.1) is 0 Å². The van der Waals surface area contributed by atoms with E-state index < -0.39 is 11.7 Å². The molecule has 176 valence electrons. The lowest BCUT2D eigenvalue weighted by Crippen LogP contribution is -2.10. The number of hydrogen-bond donors (Lipinski definition) is 0. The minimum atomic E-state index is -4.40. The highest BCUT2D eigenvalue weighted by Crippen LogP contribution is 2.31. The average molecular weight is 468 g/mol. The summed E-state index contributed by atoms with van der Waals surface area (Å²) in [5.74, 6) is 1.22. The molecule has 0 saturated heterocycles. The van der Waals surface area contributed by atoms with Crippen LogP contribution in [0.1, 0.15) is 43.5 Å². The molecule has 0 aliphatic carbocycles. The zero-order valence-electron chi connectivity index (χ0n) is 19.1. The second-order valence-corrected chi connectivity index (χ2v) is 8.87. The highest BCUT2D eigenvalue weighted by Gasteiger charge is 2.30. The summed E-state index contributed by atoms with van der Waals surface area (Å²) in [7, 11) is 0. The van der Waals surface area contributed by atoms with Crippen LogP contribution >= 0.6 is 0 Å². The van der Waals surface area contributed by atoms with Gasteiger partial charge in [-0.25, -0.2) is 4.98 Å². The summed E-state index contributed by atoms with van der Waals surface area (Å²) in [4.78, 5) is 13.0. The van der Waals surface area contributed by atoms with Crippen molar-refractivity contribution in [2.45, 2.75) is 45.9 Å². The number of aromatic nitrogens is 4. The van der Waals surface area contributed by atoms with Gasteiger partial charge in [-0.05, 0) is 30.0 Å². The number of ether oxygens (including phenoxy) is 1. The van der Waals surface area contributed by atoms with E-state index in [-0.39, 0.29) is 29.6 Å². The highest BCUT2D eigenvalue weighted by molar-refractivity contribution is 5.57. The number of aryl methyl sites for hydroxylation is 1. The Morgan fingerprint density at radius 3 is 1.97 bits per heavy atom. The Bertz CT molecular complexity index is 1280. The van der Waals surface area contributed by atoms with Crippen LogP contribution in [-0.4, -0.2) is 20.1 Å². The molecule has 2 aromatic carbocycles. The maximum atomic E-state index is 12.8.